The number of nitrogens with zero attached hydrogens (tertiary/aromatic N) is 4. The van der Waals surface area contributed by atoms with Crippen molar-refractivity contribution in [2.24, 2.45) is 0 Å². The summed E-state index contributed by atoms with van der Waals surface area (Å²) in [7, 11) is 0. The lowest BCUT2D eigenvalue weighted by Gasteiger charge is -2.10. The maximum absolute atomic E-state index is 12.4. The highest BCUT2D eigenvalue weighted by Crippen LogP contribution is 2.23. The number of fused-ring (bicyclic) bond motifs is 1. The molecule has 1 amide bonds. The fourth-order valence-corrected chi connectivity index (χ4v) is 3.76. The number of aryl methyl sites for hydroxylation is 1. The van der Waals surface area contributed by atoms with E-state index in [1.807, 2.05) is 75.4 Å². The Balaban J connectivity index is 1.48. The molecule has 0 radical (unpaired) electrons. The number of aromatic nitrogens is 4. The highest BCUT2D eigenvalue weighted by atomic mass is 32.2. The third-order valence-corrected chi connectivity index (χ3v) is 5.81. The standard InChI is InChI=1S/C23H23N5O2S/c1-4-30-18-10-8-17(9-11-18)23-26-25-20-12-13-22(27-28(20)23)31-14-21(29)24-19-7-5-6-15(2)16(19)3/h5-13H,4,14H2,1-3H3,(H,24,29). The number of ether oxygens (including phenoxy) is 1. The van der Waals surface area contributed by atoms with Crippen LogP contribution in [0.4, 0.5) is 5.69 Å². The molecule has 2 aromatic heterocycles. The Bertz CT molecular complexity index is 1220. The number of carbonyl (C=O) groups is 1. The summed E-state index contributed by atoms with van der Waals surface area (Å²) in [5, 5.41) is 16.8. The minimum atomic E-state index is -0.0731. The highest BCUT2D eigenvalue weighted by Gasteiger charge is 2.12. The number of carbonyl (C=O) groups excluding carboxylic acids is 1. The maximum Gasteiger partial charge on any atom is 0.234 e. The predicted octanol–water partition coefficient (Wildman–Crippen LogP) is 4.54. The van der Waals surface area contributed by atoms with Gasteiger partial charge in [-0.25, -0.2) is 0 Å². The Kier molecular flexibility index (Phi) is 6.18. The highest BCUT2D eigenvalue weighted by molar-refractivity contribution is 7.99. The summed E-state index contributed by atoms with van der Waals surface area (Å²) in [5.41, 5.74) is 4.59. The molecule has 4 aromatic rings. The van der Waals surface area contributed by atoms with Gasteiger partial charge in [0.05, 0.1) is 12.4 Å². The van der Waals surface area contributed by atoms with E-state index in [2.05, 4.69) is 20.6 Å². The van der Waals surface area contributed by atoms with Crippen molar-refractivity contribution < 1.29 is 9.53 Å². The van der Waals surface area contributed by atoms with Crippen LogP contribution in [0.2, 0.25) is 0 Å². The van der Waals surface area contributed by atoms with Crippen LogP contribution >= 0.6 is 11.8 Å². The van der Waals surface area contributed by atoms with E-state index in [0.717, 1.165) is 33.2 Å². The first-order valence-electron chi connectivity index (χ1n) is 9.99. The molecule has 31 heavy (non-hydrogen) atoms. The van der Waals surface area contributed by atoms with Crippen molar-refractivity contribution in [3.05, 3.63) is 65.7 Å². The number of anilines is 1. The van der Waals surface area contributed by atoms with Crippen LogP contribution in [0.5, 0.6) is 5.75 Å². The summed E-state index contributed by atoms with van der Waals surface area (Å²) in [6.07, 6.45) is 0. The number of hydrogen-bond donors (Lipinski definition) is 1. The van der Waals surface area contributed by atoms with Gasteiger partial charge in [-0.15, -0.1) is 10.2 Å². The molecule has 0 aliphatic heterocycles. The number of nitrogens with one attached hydrogen (secondary N) is 1. The molecule has 4 rings (SSSR count). The summed E-state index contributed by atoms with van der Waals surface area (Å²) < 4.78 is 7.19. The van der Waals surface area contributed by atoms with Crippen LogP contribution in [0.3, 0.4) is 0 Å². The zero-order chi connectivity index (χ0) is 21.8. The number of thioether (sulfide) groups is 1. The van der Waals surface area contributed by atoms with Gasteiger partial charge in [-0.1, -0.05) is 23.9 Å². The van der Waals surface area contributed by atoms with E-state index in [0.29, 0.717) is 18.1 Å². The van der Waals surface area contributed by atoms with Crippen LogP contribution in [-0.4, -0.2) is 38.1 Å². The van der Waals surface area contributed by atoms with Crippen LogP contribution in [0.25, 0.3) is 17.0 Å². The number of rotatable bonds is 7. The van der Waals surface area contributed by atoms with Crippen molar-refractivity contribution in [2.75, 3.05) is 17.7 Å². The second kappa shape index (κ2) is 9.18. The minimum Gasteiger partial charge on any atom is -0.494 e. The van der Waals surface area contributed by atoms with Crippen LogP contribution in [0.15, 0.2) is 59.6 Å². The first kappa shape index (κ1) is 20.9. The fourth-order valence-electron chi connectivity index (χ4n) is 3.11. The van der Waals surface area contributed by atoms with Crippen LogP contribution < -0.4 is 10.1 Å². The Labute approximate surface area is 184 Å². The van der Waals surface area contributed by atoms with Gasteiger partial charge in [0.2, 0.25) is 5.91 Å². The van der Waals surface area contributed by atoms with E-state index in [-0.39, 0.29) is 11.7 Å². The molecule has 0 saturated carbocycles. The summed E-state index contributed by atoms with van der Waals surface area (Å²) in [4.78, 5) is 12.4. The summed E-state index contributed by atoms with van der Waals surface area (Å²) in [6, 6.07) is 17.2. The van der Waals surface area contributed by atoms with Crippen molar-refractivity contribution in [2.45, 2.75) is 25.8 Å². The molecule has 0 aliphatic rings. The van der Waals surface area contributed by atoms with Gasteiger partial charge in [0, 0.05) is 11.3 Å². The molecular formula is C23H23N5O2S. The van der Waals surface area contributed by atoms with Crippen LogP contribution in [-0.2, 0) is 4.79 Å². The molecule has 0 spiro atoms. The Hall–Kier alpha value is -3.39. The van der Waals surface area contributed by atoms with Crippen molar-refractivity contribution in [1.29, 1.82) is 0 Å². The van der Waals surface area contributed by atoms with Crippen LogP contribution in [0, 0.1) is 13.8 Å². The van der Waals surface area contributed by atoms with Crippen molar-refractivity contribution in [1.82, 2.24) is 19.8 Å². The average molecular weight is 434 g/mol. The third-order valence-electron chi connectivity index (χ3n) is 4.89. The van der Waals surface area contributed by atoms with Gasteiger partial charge < -0.3 is 10.1 Å². The zero-order valence-corrected chi connectivity index (χ0v) is 18.4. The molecule has 7 nitrogen and oxygen atoms in total. The van der Waals surface area contributed by atoms with Gasteiger partial charge in [-0.05, 0) is 74.4 Å². The monoisotopic (exact) mass is 433 g/mol. The summed E-state index contributed by atoms with van der Waals surface area (Å²) in [5.74, 6) is 1.63. The van der Waals surface area contributed by atoms with Gasteiger partial charge in [0.1, 0.15) is 10.8 Å². The topological polar surface area (TPSA) is 81.4 Å². The zero-order valence-electron chi connectivity index (χ0n) is 17.6. The lowest BCUT2D eigenvalue weighted by molar-refractivity contribution is -0.113. The number of amides is 1. The maximum atomic E-state index is 12.4. The van der Waals surface area contributed by atoms with Crippen molar-refractivity contribution in [3.63, 3.8) is 0 Å². The third kappa shape index (κ3) is 4.69. The summed E-state index contributed by atoms with van der Waals surface area (Å²) in [6.45, 7) is 6.60. The summed E-state index contributed by atoms with van der Waals surface area (Å²) >= 11 is 1.37. The Morgan fingerprint density at radius 3 is 2.65 bits per heavy atom. The molecule has 1 N–H and O–H groups in total. The van der Waals surface area contributed by atoms with Gasteiger partial charge >= 0.3 is 0 Å². The van der Waals surface area contributed by atoms with E-state index >= 15 is 0 Å². The quantitative estimate of drug-likeness (QED) is 0.431. The molecule has 0 fully saturated rings. The number of benzene rings is 2. The first-order valence-corrected chi connectivity index (χ1v) is 11.0. The Morgan fingerprint density at radius 1 is 1.06 bits per heavy atom. The normalized spacial score (nSPS) is 10.9. The molecule has 0 unspecified atom stereocenters. The van der Waals surface area contributed by atoms with Crippen molar-refractivity contribution >= 4 is 29.0 Å². The second-order valence-corrected chi connectivity index (χ2v) is 8.00. The number of hydrogen-bond acceptors (Lipinski definition) is 6. The van der Waals surface area contributed by atoms with Gasteiger partial charge in [-0.3, -0.25) is 4.79 Å². The van der Waals surface area contributed by atoms with Gasteiger partial charge in [0.15, 0.2) is 11.5 Å². The molecule has 0 atom stereocenters. The molecule has 8 heteroatoms. The molecule has 0 saturated heterocycles. The van der Waals surface area contributed by atoms with Gasteiger partial charge in [-0.2, -0.15) is 9.61 Å². The molecular weight excluding hydrogens is 410 g/mol. The molecule has 2 heterocycles. The Morgan fingerprint density at radius 2 is 1.87 bits per heavy atom. The molecule has 0 bridgehead atoms. The van der Waals surface area contributed by atoms with E-state index in [1.54, 1.807) is 4.52 Å². The first-order chi connectivity index (χ1) is 15.0. The largest absolute Gasteiger partial charge is 0.494 e. The lowest BCUT2D eigenvalue weighted by Crippen LogP contribution is -2.15. The lowest BCUT2D eigenvalue weighted by atomic mass is 10.1. The molecule has 158 valence electrons. The van der Waals surface area contributed by atoms with E-state index < -0.39 is 0 Å². The van der Waals surface area contributed by atoms with E-state index in [9.17, 15) is 4.79 Å². The van der Waals surface area contributed by atoms with Crippen molar-refractivity contribution in [3.8, 4) is 17.1 Å². The van der Waals surface area contributed by atoms with Crippen LogP contribution in [0.1, 0.15) is 18.1 Å². The van der Waals surface area contributed by atoms with E-state index in [4.69, 9.17) is 4.74 Å². The second-order valence-electron chi connectivity index (χ2n) is 7.01. The molecule has 2 aromatic carbocycles. The predicted molar refractivity (Wildman–Crippen MR) is 123 cm³/mol. The smallest absolute Gasteiger partial charge is 0.234 e. The molecule has 0 aliphatic carbocycles. The van der Waals surface area contributed by atoms with Gasteiger partial charge in [0.25, 0.3) is 0 Å². The van der Waals surface area contributed by atoms with E-state index in [1.165, 1.54) is 11.8 Å². The average Bonchev–Trinajstić information content (AvgIpc) is 3.19. The minimum absolute atomic E-state index is 0.0731. The fraction of sp³-hybridized carbons (Fsp3) is 0.217. The SMILES string of the molecule is CCOc1ccc(-c2nnc3ccc(SCC(=O)Nc4cccc(C)c4C)nn23)cc1.